The summed E-state index contributed by atoms with van der Waals surface area (Å²) < 4.78 is 4.76. The first-order valence-electron chi connectivity index (χ1n) is 6.82. The number of esters is 1. The van der Waals surface area contributed by atoms with Gasteiger partial charge >= 0.3 is 5.97 Å². The summed E-state index contributed by atoms with van der Waals surface area (Å²) in [4.78, 5) is 22.3. The second kappa shape index (κ2) is 6.76. The van der Waals surface area contributed by atoms with E-state index < -0.39 is 0 Å². The van der Waals surface area contributed by atoms with E-state index in [0.717, 1.165) is 22.4 Å². The maximum atomic E-state index is 11.7. The molecule has 0 spiro atoms. The molecule has 1 amide bonds. The molecule has 2 N–H and O–H groups in total. The molecular formula is C17H18N2O3. The quantitative estimate of drug-likeness (QED) is 0.657. The van der Waals surface area contributed by atoms with E-state index in [1.807, 2.05) is 37.3 Å². The van der Waals surface area contributed by atoms with Crippen molar-refractivity contribution in [2.75, 3.05) is 24.8 Å². The van der Waals surface area contributed by atoms with Crippen molar-refractivity contribution >= 4 is 23.8 Å². The first kappa shape index (κ1) is 15.6. The Morgan fingerprint density at radius 1 is 1.14 bits per heavy atom. The molecule has 0 bridgehead atoms. The largest absolute Gasteiger partial charge is 0.465 e. The number of aryl methyl sites for hydroxylation is 1. The van der Waals surface area contributed by atoms with Gasteiger partial charge in [0.1, 0.15) is 0 Å². The number of nitrogens with one attached hydrogen (secondary N) is 2. The molecule has 0 fully saturated rings. The van der Waals surface area contributed by atoms with Crippen LogP contribution >= 0.6 is 0 Å². The third kappa shape index (κ3) is 3.09. The summed E-state index contributed by atoms with van der Waals surface area (Å²) in [6.07, 6.45) is 0.638. The maximum absolute atomic E-state index is 11.7. The van der Waals surface area contributed by atoms with E-state index in [2.05, 4.69) is 10.6 Å². The molecule has 114 valence electrons. The van der Waals surface area contributed by atoms with Crippen LogP contribution in [0.5, 0.6) is 0 Å². The van der Waals surface area contributed by atoms with Gasteiger partial charge in [-0.3, -0.25) is 4.79 Å². The molecule has 0 aliphatic carbocycles. The van der Waals surface area contributed by atoms with Crippen LogP contribution in [0.4, 0.5) is 11.4 Å². The molecule has 22 heavy (non-hydrogen) atoms. The van der Waals surface area contributed by atoms with Crippen LogP contribution in [0.1, 0.15) is 15.9 Å². The average molecular weight is 298 g/mol. The number of carbonyl (C=O) groups is 2. The van der Waals surface area contributed by atoms with E-state index in [9.17, 15) is 9.59 Å². The molecule has 0 radical (unpaired) electrons. The average Bonchev–Trinajstić information content (AvgIpc) is 2.55. The predicted octanol–water partition coefficient (Wildman–Crippen LogP) is 3.06. The molecule has 0 unspecified atom stereocenters. The zero-order valence-corrected chi connectivity index (χ0v) is 12.8. The van der Waals surface area contributed by atoms with Crippen LogP contribution in [0.3, 0.4) is 0 Å². The standard InChI is InChI=1S/C17H18N2O3/c1-11-4-5-13(17(21)22-3)8-14(11)12-6-7-15(19-10-20)16(9-12)18-2/h4-10,18H,1-3H3,(H,19,20). The minimum absolute atomic E-state index is 0.366. The lowest BCUT2D eigenvalue weighted by molar-refractivity contribution is -0.105. The molecule has 2 aromatic rings. The predicted molar refractivity (Wildman–Crippen MR) is 87.2 cm³/mol. The SMILES string of the molecule is CNc1cc(-c2cc(C(=O)OC)ccc2C)ccc1NC=O. The number of hydrogen-bond donors (Lipinski definition) is 2. The highest BCUT2D eigenvalue weighted by molar-refractivity contribution is 5.92. The van der Waals surface area contributed by atoms with E-state index in [1.165, 1.54) is 7.11 Å². The highest BCUT2D eigenvalue weighted by Crippen LogP contribution is 2.31. The Morgan fingerprint density at radius 3 is 2.55 bits per heavy atom. The fourth-order valence-corrected chi connectivity index (χ4v) is 2.29. The smallest absolute Gasteiger partial charge is 0.337 e. The lowest BCUT2D eigenvalue weighted by Gasteiger charge is -2.13. The van der Waals surface area contributed by atoms with Crippen molar-refractivity contribution in [3.05, 3.63) is 47.5 Å². The van der Waals surface area contributed by atoms with Gasteiger partial charge in [-0.15, -0.1) is 0 Å². The number of rotatable bonds is 5. The minimum Gasteiger partial charge on any atom is -0.465 e. The monoisotopic (exact) mass is 298 g/mol. The first-order valence-corrected chi connectivity index (χ1v) is 6.82. The summed E-state index contributed by atoms with van der Waals surface area (Å²) >= 11 is 0. The highest BCUT2D eigenvalue weighted by atomic mass is 16.5. The van der Waals surface area contributed by atoms with E-state index in [0.29, 0.717) is 17.7 Å². The van der Waals surface area contributed by atoms with Gasteiger partial charge in [-0.1, -0.05) is 12.1 Å². The van der Waals surface area contributed by atoms with Gasteiger partial charge in [0.2, 0.25) is 6.41 Å². The zero-order valence-electron chi connectivity index (χ0n) is 12.8. The molecule has 0 aliphatic rings. The number of methoxy groups -OCH3 is 1. The van der Waals surface area contributed by atoms with E-state index >= 15 is 0 Å². The molecule has 0 aliphatic heterocycles. The Balaban J connectivity index is 2.51. The summed E-state index contributed by atoms with van der Waals surface area (Å²) in [6, 6.07) is 11.1. The molecule has 5 heteroatoms. The molecule has 5 nitrogen and oxygen atoms in total. The Morgan fingerprint density at radius 2 is 1.91 bits per heavy atom. The number of anilines is 2. The van der Waals surface area contributed by atoms with Crippen LogP contribution in [0.2, 0.25) is 0 Å². The molecular weight excluding hydrogens is 280 g/mol. The molecule has 0 aromatic heterocycles. The first-order chi connectivity index (χ1) is 10.6. The topological polar surface area (TPSA) is 67.4 Å². The van der Waals surface area contributed by atoms with Crippen molar-refractivity contribution in [2.24, 2.45) is 0 Å². The second-order valence-electron chi connectivity index (χ2n) is 4.79. The Hall–Kier alpha value is -2.82. The fourth-order valence-electron chi connectivity index (χ4n) is 2.29. The fraction of sp³-hybridized carbons (Fsp3) is 0.176. The number of hydrogen-bond acceptors (Lipinski definition) is 4. The summed E-state index contributed by atoms with van der Waals surface area (Å²) in [7, 11) is 3.15. The Labute approximate surface area is 129 Å². The van der Waals surface area contributed by atoms with Gasteiger partial charge < -0.3 is 15.4 Å². The van der Waals surface area contributed by atoms with Crippen LogP contribution in [-0.4, -0.2) is 26.5 Å². The molecule has 2 aromatic carbocycles. The number of ether oxygens (including phenoxy) is 1. The van der Waals surface area contributed by atoms with Crippen molar-refractivity contribution in [3.8, 4) is 11.1 Å². The normalized spacial score (nSPS) is 9.95. The van der Waals surface area contributed by atoms with Gasteiger partial charge in [0.05, 0.1) is 24.0 Å². The van der Waals surface area contributed by atoms with Crippen molar-refractivity contribution in [3.63, 3.8) is 0 Å². The second-order valence-corrected chi connectivity index (χ2v) is 4.79. The highest BCUT2D eigenvalue weighted by Gasteiger charge is 2.11. The van der Waals surface area contributed by atoms with Crippen LogP contribution in [0.15, 0.2) is 36.4 Å². The van der Waals surface area contributed by atoms with Gasteiger partial charge in [-0.2, -0.15) is 0 Å². The van der Waals surface area contributed by atoms with Gasteiger partial charge in [0.25, 0.3) is 0 Å². The summed E-state index contributed by atoms with van der Waals surface area (Å²) in [5.74, 6) is -0.366. The van der Waals surface area contributed by atoms with Crippen molar-refractivity contribution in [1.29, 1.82) is 0 Å². The van der Waals surface area contributed by atoms with Crippen molar-refractivity contribution in [1.82, 2.24) is 0 Å². The minimum atomic E-state index is -0.366. The Bertz CT molecular complexity index is 711. The van der Waals surface area contributed by atoms with Gasteiger partial charge in [-0.05, 0) is 47.9 Å². The van der Waals surface area contributed by atoms with E-state index in [-0.39, 0.29) is 5.97 Å². The van der Waals surface area contributed by atoms with Crippen LogP contribution < -0.4 is 10.6 Å². The number of amides is 1. The van der Waals surface area contributed by atoms with Crippen molar-refractivity contribution in [2.45, 2.75) is 6.92 Å². The lowest BCUT2D eigenvalue weighted by atomic mass is 9.97. The zero-order chi connectivity index (χ0) is 16.1. The summed E-state index contributed by atoms with van der Waals surface area (Å²) in [5.41, 5.74) is 4.94. The van der Waals surface area contributed by atoms with Crippen LogP contribution in [0, 0.1) is 6.92 Å². The van der Waals surface area contributed by atoms with Gasteiger partial charge in [0, 0.05) is 7.05 Å². The van der Waals surface area contributed by atoms with E-state index in [1.54, 1.807) is 13.1 Å². The third-order valence-corrected chi connectivity index (χ3v) is 3.47. The lowest BCUT2D eigenvalue weighted by Crippen LogP contribution is -2.02. The third-order valence-electron chi connectivity index (χ3n) is 3.47. The number of carbonyl (C=O) groups excluding carboxylic acids is 2. The summed E-state index contributed by atoms with van der Waals surface area (Å²) in [5, 5.41) is 5.69. The molecule has 2 rings (SSSR count). The van der Waals surface area contributed by atoms with Crippen molar-refractivity contribution < 1.29 is 14.3 Å². The summed E-state index contributed by atoms with van der Waals surface area (Å²) in [6.45, 7) is 1.98. The van der Waals surface area contributed by atoms with E-state index in [4.69, 9.17) is 4.74 Å². The van der Waals surface area contributed by atoms with Gasteiger partial charge in [0.15, 0.2) is 0 Å². The molecule has 0 saturated carbocycles. The van der Waals surface area contributed by atoms with Crippen LogP contribution in [-0.2, 0) is 9.53 Å². The van der Waals surface area contributed by atoms with Gasteiger partial charge in [-0.25, -0.2) is 4.79 Å². The Kier molecular flexibility index (Phi) is 4.78. The molecule has 0 heterocycles. The molecule has 0 saturated heterocycles. The molecule has 0 atom stereocenters. The maximum Gasteiger partial charge on any atom is 0.337 e. The number of benzene rings is 2. The van der Waals surface area contributed by atoms with Crippen LogP contribution in [0.25, 0.3) is 11.1 Å².